The van der Waals surface area contributed by atoms with Gasteiger partial charge in [-0.2, -0.15) is 0 Å². The van der Waals surface area contributed by atoms with Crippen LogP contribution in [0.1, 0.15) is 34.8 Å². The lowest BCUT2D eigenvalue weighted by molar-refractivity contribution is -0.121. The fourth-order valence-corrected chi connectivity index (χ4v) is 2.36. The van der Waals surface area contributed by atoms with E-state index in [-0.39, 0.29) is 11.8 Å². The molecule has 0 radical (unpaired) electrons. The summed E-state index contributed by atoms with van der Waals surface area (Å²) in [6, 6.07) is 0.362. The number of nitrogens with one attached hydrogen (secondary N) is 2. The van der Waals surface area contributed by atoms with Crippen LogP contribution in [-0.4, -0.2) is 35.9 Å². The van der Waals surface area contributed by atoms with E-state index in [1.807, 2.05) is 0 Å². The molecule has 0 spiro atoms. The Morgan fingerprint density at radius 1 is 1.47 bits per heavy atom. The fraction of sp³-hybridized carbons (Fsp3) is 0.583. The Morgan fingerprint density at radius 2 is 2.26 bits per heavy atom. The third-order valence-electron chi connectivity index (χ3n) is 2.72. The van der Waals surface area contributed by atoms with Crippen molar-refractivity contribution >= 4 is 23.2 Å². The van der Waals surface area contributed by atoms with Crippen molar-refractivity contribution in [2.45, 2.75) is 31.7 Å². The summed E-state index contributed by atoms with van der Waals surface area (Å²) in [5.41, 5.74) is 5.82. The number of amides is 2. The number of aromatic nitrogens is 1. The molecule has 6 nitrogen and oxygen atoms in total. The van der Waals surface area contributed by atoms with Crippen molar-refractivity contribution in [3.8, 4) is 0 Å². The lowest BCUT2D eigenvalue weighted by atomic mass is 10.3. The third kappa shape index (κ3) is 4.60. The molecule has 0 bridgehead atoms. The highest BCUT2D eigenvalue weighted by Gasteiger charge is 2.22. The summed E-state index contributed by atoms with van der Waals surface area (Å²) in [5.74, 6) is -0.247. The molecule has 0 aromatic carbocycles. The number of carbonyl (C=O) groups is 2. The molecule has 4 N–H and O–H groups in total. The van der Waals surface area contributed by atoms with E-state index in [0.29, 0.717) is 37.7 Å². The van der Waals surface area contributed by atoms with E-state index in [2.05, 4.69) is 15.6 Å². The molecular weight excluding hydrogens is 264 g/mol. The average molecular weight is 282 g/mol. The summed E-state index contributed by atoms with van der Waals surface area (Å²) in [6.45, 7) is 0.858. The van der Waals surface area contributed by atoms with Crippen molar-refractivity contribution in [1.29, 1.82) is 0 Å². The first kappa shape index (κ1) is 14.0. The van der Waals surface area contributed by atoms with E-state index >= 15 is 0 Å². The van der Waals surface area contributed by atoms with Gasteiger partial charge in [0.25, 0.3) is 5.91 Å². The SMILES string of the molecule is NCCc1nc(C(=O)NCCC(=O)NC2CC2)cs1. The zero-order chi connectivity index (χ0) is 13.7. The molecule has 1 aromatic rings. The van der Waals surface area contributed by atoms with Crippen LogP contribution in [0.15, 0.2) is 5.38 Å². The van der Waals surface area contributed by atoms with Crippen LogP contribution in [0.2, 0.25) is 0 Å². The van der Waals surface area contributed by atoms with E-state index in [1.165, 1.54) is 11.3 Å². The fourth-order valence-electron chi connectivity index (χ4n) is 1.56. The molecule has 0 saturated heterocycles. The zero-order valence-electron chi connectivity index (χ0n) is 10.6. The first-order valence-corrected chi connectivity index (χ1v) is 7.29. The molecule has 1 aliphatic carbocycles. The van der Waals surface area contributed by atoms with Crippen molar-refractivity contribution in [3.05, 3.63) is 16.1 Å². The largest absolute Gasteiger partial charge is 0.353 e. The average Bonchev–Trinajstić information content (AvgIpc) is 3.05. The lowest BCUT2D eigenvalue weighted by Gasteiger charge is -2.04. The predicted molar refractivity (Wildman–Crippen MR) is 73.0 cm³/mol. The minimum Gasteiger partial charge on any atom is -0.353 e. The molecule has 19 heavy (non-hydrogen) atoms. The Balaban J connectivity index is 1.69. The number of rotatable bonds is 7. The van der Waals surface area contributed by atoms with Crippen molar-refractivity contribution < 1.29 is 9.59 Å². The minimum absolute atomic E-state index is 0.00935. The van der Waals surface area contributed by atoms with E-state index in [0.717, 1.165) is 17.8 Å². The summed E-state index contributed by atoms with van der Waals surface area (Å²) in [6.07, 6.45) is 3.13. The molecule has 0 atom stereocenters. The highest BCUT2D eigenvalue weighted by atomic mass is 32.1. The molecule has 1 saturated carbocycles. The van der Waals surface area contributed by atoms with Crippen LogP contribution >= 0.6 is 11.3 Å². The molecule has 1 fully saturated rings. The Bertz CT molecular complexity index is 456. The van der Waals surface area contributed by atoms with Gasteiger partial charge in [0.15, 0.2) is 0 Å². The van der Waals surface area contributed by atoms with Gasteiger partial charge in [0.1, 0.15) is 5.69 Å². The van der Waals surface area contributed by atoms with Gasteiger partial charge in [0.2, 0.25) is 5.91 Å². The molecule has 1 heterocycles. The molecule has 0 aliphatic heterocycles. The second-order valence-corrected chi connectivity index (χ2v) is 5.46. The number of carbonyl (C=O) groups excluding carboxylic acids is 2. The predicted octanol–water partition coefficient (Wildman–Crippen LogP) is 0.0428. The third-order valence-corrected chi connectivity index (χ3v) is 3.63. The van der Waals surface area contributed by atoms with Crippen molar-refractivity contribution in [1.82, 2.24) is 15.6 Å². The number of nitrogens with two attached hydrogens (primary N) is 1. The topological polar surface area (TPSA) is 97.1 Å². The van der Waals surface area contributed by atoms with Crippen LogP contribution in [-0.2, 0) is 11.2 Å². The molecule has 2 amide bonds. The Hall–Kier alpha value is -1.47. The van der Waals surface area contributed by atoms with Gasteiger partial charge in [-0.1, -0.05) is 0 Å². The smallest absolute Gasteiger partial charge is 0.270 e. The van der Waals surface area contributed by atoms with Gasteiger partial charge in [-0.05, 0) is 19.4 Å². The van der Waals surface area contributed by atoms with Gasteiger partial charge in [0, 0.05) is 30.8 Å². The van der Waals surface area contributed by atoms with Crippen LogP contribution in [0, 0.1) is 0 Å². The van der Waals surface area contributed by atoms with Crippen LogP contribution < -0.4 is 16.4 Å². The maximum Gasteiger partial charge on any atom is 0.270 e. The van der Waals surface area contributed by atoms with Crippen molar-refractivity contribution in [2.75, 3.05) is 13.1 Å². The molecule has 104 valence electrons. The second-order valence-electron chi connectivity index (χ2n) is 4.51. The van der Waals surface area contributed by atoms with Gasteiger partial charge >= 0.3 is 0 Å². The first-order valence-electron chi connectivity index (χ1n) is 6.41. The van der Waals surface area contributed by atoms with E-state index in [9.17, 15) is 9.59 Å². The van der Waals surface area contributed by atoms with Gasteiger partial charge in [-0.25, -0.2) is 4.98 Å². The van der Waals surface area contributed by atoms with Gasteiger partial charge in [-0.3, -0.25) is 9.59 Å². The molecule has 2 rings (SSSR count). The lowest BCUT2D eigenvalue weighted by Crippen LogP contribution is -2.31. The van der Waals surface area contributed by atoms with Crippen molar-refractivity contribution in [3.63, 3.8) is 0 Å². The second kappa shape index (κ2) is 6.63. The van der Waals surface area contributed by atoms with E-state index < -0.39 is 0 Å². The minimum atomic E-state index is -0.237. The maximum atomic E-state index is 11.7. The highest BCUT2D eigenvalue weighted by molar-refractivity contribution is 7.09. The summed E-state index contributed by atoms with van der Waals surface area (Å²) in [4.78, 5) is 27.3. The van der Waals surface area contributed by atoms with Crippen LogP contribution in [0.5, 0.6) is 0 Å². The summed E-state index contributed by atoms with van der Waals surface area (Å²) >= 11 is 1.43. The van der Waals surface area contributed by atoms with Gasteiger partial charge in [-0.15, -0.1) is 11.3 Å². The van der Waals surface area contributed by atoms with Gasteiger partial charge < -0.3 is 16.4 Å². The number of thiazole rings is 1. The Labute approximate surface area is 115 Å². The molecular formula is C12H18N4O2S. The highest BCUT2D eigenvalue weighted by Crippen LogP contribution is 2.18. The molecule has 0 unspecified atom stereocenters. The van der Waals surface area contributed by atoms with Crippen LogP contribution in [0.4, 0.5) is 0 Å². The quantitative estimate of drug-likeness (QED) is 0.658. The molecule has 7 heteroatoms. The summed E-state index contributed by atoms with van der Waals surface area (Å²) in [5, 5.41) is 8.14. The Kier molecular flexibility index (Phi) is 4.86. The molecule has 1 aliphatic rings. The number of hydrogen-bond donors (Lipinski definition) is 3. The first-order chi connectivity index (χ1) is 9.19. The Morgan fingerprint density at radius 3 is 2.95 bits per heavy atom. The monoisotopic (exact) mass is 282 g/mol. The van der Waals surface area contributed by atoms with Crippen LogP contribution in [0.3, 0.4) is 0 Å². The summed E-state index contributed by atoms with van der Waals surface area (Å²) < 4.78 is 0. The van der Waals surface area contributed by atoms with E-state index in [1.54, 1.807) is 5.38 Å². The van der Waals surface area contributed by atoms with Crippen molar-refractivity contribution in [2.24, 2.45) is 5.73 Å². The van der Waals surface area contributed by atoms with Crippen LogP contribution in [0.25, 0.3) is 0 Å². The van der Waals surface area contributed by atoms with Gasteiger partial charge in [0.05, 0.1) is 5.01 Å². The normalized spacial score (nSPS) is 14.2. The van der Waals surface area contributed by atoms with E-state index in [4.69, 9.17) is 5.73 Å². The number of hydrogen-bond acceptors (Lipinski definition) is 5. The molecule has 1 aromatic heterocycles. The number of nitrogens with zero attached hydrogens (tertiary/aromatic N) is 1. The standard InChI is InChI=1S/C12H18N4O2S/c13-5-3-11-16-9(7-19-11)12(18)14-6-4-10(17)15-8-1-2-8/h7-8H,1-6,13H2,(H,14,18)(H,15,17). The zero-order valence-corrected chi connectivity index (χ0v) is 11.5. The maximum absolute atomic E-state index is 11.7. The summed E-state index contributed by atoms with van der Waals surface area (Å²) in [7, 11) is 0.